The van der Waals surface area contributed by atoms with Crippen LogP contribution in [0.3, 0.4) is 0 Å². The Hall–Kier alpha value is -1.90. The van der Waals surface area contributed by atoms with E-state index >= 15 is 0 Å². The topological polar surface area (TPSA) is 51.8 Å². The van der Waals surface area contributed by atoms with E-state index < -0.39 is 0 Å². The van der Waals surface area contributed by atoms with Crippen molar-refractivity contribution < 1.29 is 0 Å². The highest BCUT2D eigenvalue weighted by Gasteiger charge is 1.97. The summed E-state index contributed by atoms with van der Waals surface area (Å²) in [5.41, 5.74) is 7.29. The first-order valence-corrected chi connectivity index (χ1v) is 3.99. The maximum Gasteiger partial charge on any atom is 0.159 e. The number of hydrogen-bond donors (Lipinski definition) is 1. The van der Waals surface area contributed by atoms with Crippen molar-refractivity contribution in [1.82, 2.24) is 9.97 Å². The van der Waals surface area contributed by atoms with Gasteiger partial charge in [-0.05, 0) is 30.3 Å². The van der Waals surface area contributed by atoms with E-state index in [4.69, 9.17) is 5.73 Å². The Morgan fingerprint density at radius 2 is 1.54 bits per heavy atom. The second-order valence-corrected chi connectivity index (χ2v) is 2.69. The lowest BCUT2D eigenvalue weighted by atomic mass is 10.2. The Labute approximate surface area is 76.3 Å². The third-order valence-corrected chi connectivity index (χ3v) is 1.73. The van der Waals surface area contributed by atoms with Crippen molar-refractivity contribution in [3.05, 3.63) is 42.7 Å². The molecular weight excluding hydrogens is 162 g/mol. The highest BCUT2D eigenvalue weighted by molar-refractivity contribution is 5.58. The molecule has 2 rings (SSSR count). The second-order valence-electron chi connectivity index (χ2n) is 2.69. The van der Waals surface area contributed by atoms with Gasteiger partial charge in [-0.3, -0.25) is 0 Å². The quantitative estimate of drug-likeness (QED) is 0.665. The number of nitrogens with two attached hydrogens (primary N) is 1. The van der Waals surface area contributed by atoms with E-state index in [2.05, 4.69) is 9.97 Å². The van der Waals surface area contributed by atoms with Crippen molar-refractivity contribution in [2.75, 3.05) is 5.73 Å². The van der Waals surface area contributed by atoms with Crippen LogP contribution in [0.5, 0.6) is 0 Å². The predicted octanol–water partition coefficient (Wildman–Crippen LogP) is 1.73. The molecule has 64 valence electrons. The smallest absolute Gasteiger partial charge is 0.159 e. The Bertz CT molecular complexity index is 381. The number of benzene rings is 1. The van der Waals surface area contributed by atoms with Crippen molar-refractivity contribution in [2.24, 2.45) is 0 Å². The van der Waals surface area contributed by atoms with Crippen molar-refractivity contribution >= 4 is 5.69 Å². The first kappa shape index (κ1) is 7.73. The van der Waals surface area contributed by atoms with E-state index in [-0.39, 0.29) is 0 Å². The van der Waals surface area contributed by atoms with Gasteiger partial charge in [0.15, 0.2) is 5.82 Å². The molecule has 1 aromatic carbocycles. The summed E-state index contributed by atoms with van der Waals surface area (Å²) < 4.78 is 0. The molecule has 0 bridgehead atoms. The monoisotopic (exact) mass is 171 g/mol. The molecule has 0 amide bonds. The Morgan fingerprint density at radius 3 is 2.15 bits per heavy atom. The number of nitrogen functional groups attached to an aromatic ring is 1. The lowest BCUT2D eigenvalue weighted by molar-refractivity contribution is 1.18. The van der Waals surface area contributed by atoms with Crippen molar-refractivity contribution in [2.45, 2.75) is 0 Å². The van der Waals surface area contributed by atoms with Crippen LogP contribution in [-0.2, 0) is 0 Å². The minimum absolute atomic E-state index is 0.725. The zero-order valence-electron chi connectivity index (χ0n) is 7.01. The molecule has 3 nitrogen and oxygen atoms in total. The van der Waals surface area contributed by atoms with E-state index in [0.717, 1.165) is 17.1 Å². The Morgan fingerprint density at radius 1 is 0.923 bits per heavy atom. The molecule has 0 saturated carbocycles. The number of anilines is 1. The van der Waals surface area contributed by atoms with Gasteiger partial charge in [0.2, 0.25) is 0 Å². The van der Waals surface area contributed by atoms with E-state index in [0.29, 0.717) is 0 Å². The summed E-state index contributed by atoms with van der Waals surface area (Å²) in [5, 5.41) is 0. The van der Waals surface area contributed by atoms with E-state index in [9.17, 15) is 0 Å². The maximum atomic E-state index is 5.56. The molecule has 0 atom stereocenters. The van der Waals surface area contributed by atoms with Crippen LogP contribution in [0.4, 0.5) is 5.69 Å². The molecule has 2 N–H and O–H groups in total. The van der Waals surface area contributed by atoms with E-state index in [1.807, 2.05) is 24.3 Å². The Kier molecular flexibility index (Phi) is 1.92. The molecule has 0 spiro atoms. The average molecular weight is 171 g/mol. The molecule has 1 aromatic heterocycles. The minimum Gasteiger partial charge on any atom is -0.399 e. The summed E-state index contributed by atoms with van der Waals surface area (Å²) in [5.74, 6) is 0.725. The number of nitrogens with zero attached hydrogens (tertiary/aromatic N) is 2. The summed E-state index contributed by atoms with van der Waals surface area (Å²) >= 11 is 0. The normalized spacial score (nSPS) is 9.85. The van der Waals surface area contributed by atoms with Crippen LogP contribution in [0.1, 0.15) is 0 Å². The molecule has 0 saturated heterocycles. The molecule has 0 aliphatic carbocycles. The molecule has 13 heavy (non-hydrogen) atoms. The van der Waals surface area contributed by atoms with Crippen LogP contribution in [0.15, 0.2) is 42.7 Å². The summed E-state index contributed by atoms with van der Waals surface area (Å²) in [6, 6.07) is 9.29. The Balaban J connectivity index is 2.42. The van der Waals surface area contributed by atoms with Gasteiger partial charge in [0.05, 0.1) is 0 Å². The lowest BCUT2D eigenvalue weighted by Gasteiger charge is -1.98. The molecular formula is C10H9N3. The van der Waals surface area contributed by atoms with Crippen LogP contribution < -0.4 is 5.73 Å². The van der Waals surface area contributed by atoms with E-state index in [1.54, 1.807) is 18.5 Å². The molecule has 1 heterocycles. The fourth-order valence-corrected chi connectivity index (χ4v) is 1.08. The van der Waals surface area contributed by atoms with Crippen LogP contribution in [-0.4, -0.2) is 9.97 Å². The van der Waals surface area contributed by atoms with Gasteiger partial charge in [0.1, 0.15) is 0 Å². The summed E-state index contributed by atoms with van der Waals surface area (Å²) in [4.78, 5) is 8.25. The first-order chi connectivity index (χ1) is 6.36. The van der Waals surface area contributed by atoms with Crippen LogP contribution in [0.25, 0.3) is 11.4 Å². The highest BCUT2D eigenvalue weighted by atomic mass is 14.8. The maximum absolute atomic E-state index is 5.56. The third kappa shape index (κ3) is 1.64. The summed E-state index contributed by atoms with van der Waals surface area (Å²) in [7, 11) is 0. The van der Waals surface area contributed by atoms with Gasteiger partial charge in [-0.1, -0.05) is 0 Å². The van der Waals surface area contributed by atoms with Crippen molar-refractivity contribution in [3.63, 3.8) is 0 Å². The minimum atomic E-state index is 0.725. The summed E-state index contributed by atoms with van der Waals surface area (Å²) in [6.07, 6.45) is 3.44. The van der Waals surface area contributed by atoms with Gasteiger partial charge in [-0.15, -0.1) is 0 Å². The number of rotatable bonds is 1. The van der Waals surface area contributed by atoms with Crippen LogP contribution in [0.2, 0.25) is 0 Å². The molecule has 3 heteroatoms. The highest BCUT2D eigenvalue weighted by Crippen LogP contribution is 2.14. The molecule has 0 aliphatic heterocycles. The average Bonchev–Trinajstić information content (AvgIpc) is 2.20. The molecule has 0 radical (unpaired) electrons. The van der Waals surface area contributed by atoms with Crippen LogP contribution in [0, 0.1) is 0 Å². The first-order valence-electron chi connectivity index (χ1n) is 3.99. The third-order valence-electron chi connectivity index (χ3n) is 1.73. The molecule has 2 aromatic rings. The predicted molar refractivity (Wildman–Crippen MR) is 51.9 cm³/mol. The zero-order chi connectivity index (χ0) is 9.10. The SMILES string of the molecule is Nc1ccc(-c2ncccn2)cc1. The van der Waals surface area contributed by atoms with E-state index in [1.165, 1.54) is 0 Å². The van der Waals surface area contributed by atoms with Gasteiger partial charge in [-0.25, -0.2) is 9.97 Å². The second kappa shape index (κ2) is 3.23. The number of hydrogen-bond acceptors (Lipinski definition) is 3. The molecule has 0 aliphatic rings. The largest absolute Gasteiger partial charge is 0.399 e. The molecule has 0 unspecified atom stereocenters. The fourth-order valence-electron chi connectivity index (χ4n) is 1.08. The van der Waals surface area contributed by atoms with Gasteiger partial charge < -0.3 is 5.73 Å². The van der Waals surface area contributed by atoms with Gasteiger partial charge in [-0.2, -0.15) is 0 Å². The van der Waals surface area contributed by atoms with Gasteiger partial charge >= 0.3 is 0 Å². The standard InChI is InChI=1S/C10H9N3/c11-9-4-2-8(3-5-9)10-12-6-1-7-13-10/h1-7H,11H2. The van der Waals surface area contributed by atoms with Gasteiger partial charge in [0, 0.05) is 23.6 Å². The zero-order valence-corrected chi connectivity index (χ0v) is 7.01. The van der Waals surface area contributed by atoms with Gasteiger partial charge in [0.25, 0.3) is 0 Å². The lowest BCUT2D eigenvalue weighted by Crippen LogP contribution is -1.88. The van der Waals surface area contributed by atoms with Crippen molar-refractivity contribution in [3.8, 4) is 11.4 Å². The fraction of sp³-hybridized carbons (Fsp3) is 0. The van der Waals surface area contributed by atoms with Crippen LogP contribution >= 0.6 is 0 Å². The summed E-state index contributed by atoms with van der Waals surface area (Å²) in [6.45, 7) is 0. The number of aromatic nitrogens is 2. The van der Waals surface area contributed by atoms with Crippen molar-refractivity contribution in [1.29, 1.82) is 0 Å². The molecule has 0 fully saturated rings.